The van der Waals surface area contributed by atoms with E-state index in [-0.39, 0.29) is 18.9 Å². The molecule has 1 fully saturated rings. The van der Waals surface area contributed by atoms with Gasteiger partial charge in [-0.05, 0) is 31.0 Å². The van der Waals surface area contributed by atoms with Crippen LogP contribution >= 0.6 is 11.6 Å². The predicted octanol–water partition coefficient (Wildman–Crippen LogP) is 3.21. The van der Waals surface area contributed by atoms with Gasteiger partial charge in [-0.25, -0.2) is 13.1 Å². The van der Waals surface area contributed by atoms with Gasteiger partial charge in [0.15, 0.2) is 0 Å². The number of hydrogen-bond donors (Lipinski definition) is 1. The van der Waals surface area contributed by atoms with Gasteiger partial charge in [0.1, 0.15) is 0 Å². The minimum atomic E-state index is -4.77. The average Bonchev–Trinajstić information content (AvgIpc) is 2.54. The first-order chi connectivity index (χ1) is 12.0. The summed E-state index contributed by atoms with van der Waals surface area (Å²) in [6.07, 6.45) is -3.42. The van der Waals surface area contributed by atoms with Crippen molar-refractivity contribution in [3.05, 3.63) is 40.9 Å². The largest absolute Gasteiger partial charge is 0.417 e. The van der Waals surface area contributed by atoms with Crippen LogP contribution in [0.15, 0.2) is 35.2 Å². The Morgan fingerprint density at radius 3 is 2.46 bits per heavy atom. The Balaban J connectivity index is 1.99. The molecule has 0 radical (unpaired) electrons. The predicted molar refractivity (Wildman–Crippen MR) is 91.2 cm³/mol. The molecule has 1 heterocycles. The molecule has 0 bridgehead atoms. The maximum absolute atomic E-state index is 12.9. The van der Waals surface area contributed by atoms with Gasteiger partial charge in [-0.2, -0.15) is 13.2 Å². The third-order valence-electron chi connectivity index (χ3n) is 4.01. The van der Waals surface area contributed by atoms with Crippen molar-refractivity contribution in [3.8, 4) is 0 Å². The van der Waals surface area contributed by atoms with Crippen LogP contribution in [-0.2, 0) is 21.0 Å². The van der Waals surface area contributed by atoms with Gasteiger partial charge in [0, 0.05) is 26.1 Å². The average molecular weight is 411 g/mol. The van der Waals surface area contributed by atoms with Crippen molar-refractivity contribution in [1.82, 2.24) is 9.62 Å². The maximum atomic E-state index is 12.9. The molecular weight excluding hydrogens is 393 g/mol. The molecule has 1 amide bonds. The third-order valence-corrected chi connectivity index (χ3v) is 5.80. The first kappa shape index (κ1) is 20.7. The Morgan fingerprint density at radius 1 is 1.27 bits per heavy atom. The van der Waals surface area contributed by atoms with Crippen molar-refractivity contribution in [3.63, 3.8) is 0 Å². The van der Waals surface area contributed by atoms with E-state index in [2.05, 4.69) is 11.3 Å². The molecule has 1 saturated heterocycles. The lowest BCUT2D eigenvalue weighted by atomic mass is 10.1. The number of hydrogen-bond acceptors (Lipinski definition) is 3. The van der Waals surface area contributed by atoms with Crippen LogP contribution in [0.4, 0.5) is 13.2 Å². The van der Waals surface area contributed by atoms with Gasteiger partial charge in [0.05, 0.1) is 15.5 Å². The van der Waals surface area contributed by atoms with Crippen molar-refractivity contribution in [2.75, 3.05) is 19.6 Å². The molecule has 0 unspecified atom stereocenters. The Morgan fingerprint density at radius 2 is 1.88 bits per heavy atom. The molecule has 144 valence electrons. The molecule has 10 heteroatoms. The van der Waals surface area contributed by atoms with E-state index in [9.17, 15) is 26.4 Å². The van der Waals surface area contributed by atoms with E-state index < -0.39 is 31.7 Å². The Labute approximate surface area is 154 Å². The maximum Gasteiger partial charge on any atom is 0.417 e. The summed E-state index contributed by atoms with van der Waals surface area (Å²) in [6.45, 7) is 4.72. The molecular formula is C16H18ClF3N2O3S. The van der Waals surface area contributed by atoms with E-state index in [0.717, 1.165) is 17.7 Å². The quantitative estimate of drug-likeness (QED) is 0.758. The second kappa shape index (κ2) is 7.98. The van der Waals surface area contributed by atoms with Crippen molar-refractivity contribution in [1.29, 1.82) is 0 Å². The number of carbonyl (C=O) groups is 1. The van der Waals surface area contributed by atoms with E-state index in [1.54, 1.807) is 4.90 Å². The van der Waals surface area contributed by atoms with E-state index >= 15 is 0 Å². The molecule has 5 nitrogen and oxygen atoms in total. The standard InChI is InChI=1S/C16H18ClF3N2O3S/c1-11-5-8-22(9-6-11)15(23)4-7-21-26(24,25)12-2-3-14(17)13(10-12)16(18,19)20/h2-3,10,21H,1,4-9H2. The van der Waals surface area contributed by atoms with Crippen molar-refractivity contribution < 1.29 is 26.4 Å². The zero-order valence-electron chi connectivity index (χ0n) is 13.8. The summed E-state index contributed by atoms with van der Waals surface area (Å²) in [5.74, 6) is -0.215. The summed E-state index contributed by atoms with van der Waals surface area (Å²) in [5, 5.41) is -0.585. The Bertz CT molecular complexity index is 799. The van der Waals surface area contributed by atoms with Crippen LogP contribution in [0, 0.1) is 0 Å². The number of nitrogens with zero attached hydrogens (tertiary/aromatic N) is 1. The Kier molecular flexibility index (Phi) is 6.36. The van der Waals surface area contributed by atoms with Crippen LogP contribution in [0.25, 0.3) is 0 Å². The fourth-order valence-electron chi connectivity index (χ4n) is 2.49. The van der Waals surface area contributed by atoms with Crippen LogP contribution in [0.3, 0.4) is 0 Å². The molecule has 1 N–H and O–H groups in total. The Hall–Kier alpha value is -1.58. The lowest BCUT2D eigenvalue weighted by molar-refractivity contribution is -0.137. The molecule has 1 aromatic rings. The van der Waals surface area contributed by atoms with E-state index in [1.165, 1.54) is 0 Å². The summed E-state index contributed by atoms with van der Waals surface area (Å²) < 4.78 is 65.0. The fourth-order valence-corrected chi connectivity index (χ4v) is 3.78. The van der Waals surface area contributed by atoms with Crippen LogP contribution in [0.1, 0.15) is 24.8 Å². The first-order valence-corrected chi connectivity index (χ1v) is 9.67. The van der Waals surface area contributed by atoms with Crippen molar-refractivity contribution in [2.24, 2.45) is 0 Å². The summed E-state index contributed by atoms with van der Waals surface area (Å²) >= 11 is 5.48. The number of benzene rings is 1. The van der Waals surface area contributed by atoms with Gasteiger partial charge in [-0.3, -0.25) is 4.79 Å². The van der Waals surface area contributed by atoms with Gasteiger partial charge in [0.2, 0.25) is 15.9 Å². The second-order valence-corrected chi connectivity index (χ2v) is 8.09. The van der Waals surface area contributed by atoms with Crippen LogP contribution < -0.4 is 4.72 Å². The van der Waals surface area contributed by atoms with E-state index in [1.807, 2.05) is 0 Å². The molecule has 0 saturated carbocycles. The molecule has 0 aromatic heterocycles. The lowest BCUT2D eigenvalue weighted by Gasteiger charge is -2.28. The molecule has 26 heavy (non-hydrogen) atoms. The zero-order chi connectivity index (χ0) is 19.5. The molecule has 0 aliphatic carbocycles. The molecule has 1 aliphatic rings. The monoisotopic (exact) mass is 410 g/mol. The third kappa shape index (κ3) is 5.21. The minimum absolute atomic E-state index is 0.0780. The fraction of sp³-hybridized carbons (Fsp3) is 0.438. The SMILES string of the molecule is C=C1CCN(C(=O)CCNS(=O)(=O)c2ccc(Cl)c(C(F)(F)F)c2)CC1. The van der Waals surface area contributed by atoms with Crippen LogP contribution in [0.5, 0.6) is 0 Å². The highest BCUT2D eigenvalue weighted by Crippen LogP contribution is 2.35. The molecule has 1 aromatic carbocycles. The summed E-state index contributed by atoms with van der Waals surface area (Å²) in [7, 11) is -4.19. The van der Waals surface area contributed by atoms with E-state index in [4.69, 9.17) is 11.6 Å². The number of piperidine rings is 1. The molecule has 1 aliphatic heterocycles. The van der Waals surface area contributed by atoms with Gasteiger partial charge in [-0.1, -0.05) is 23.8 Å². The summed E-state index contributed by atoms with van der Waals surface area (Å²) in [4.78, 5) is 13.1. The summed E-state index contributed by atoms with van der Waals surface area (Å²) in [6, 6.07) is 2.34. The highest BCUT2D eigenvalue weighted by molar-refractivity contribution is 7.89. The molecule has 0 atom stereocenters. The number of rotatable bonds is 5. The lowest BCUT2D eigenvalue weighted by Crippen LogP contribution is -2.38. The highest BCUT2D eigenvalue weighted by atomic mass is 35.5. The number of carbonyl (C=O) groups excluding carboxylic acids is 1. The van der Waals surface area contributed by atoms with Crippen LogP contribution in [0.2, 0.25) is 5.02 Å². The highest BCUT2D eigenvalue weighted by Gasteiger charge is 2.34. The topological polar surface area (TPSA) is 66.5 Å². The molecule has 0 spiro atoms. The van der Waals surface area contributed by atoms with Crippen molar-refractivity contribution in [2.45, 2.75) is 30.3 Å². The number of sulfonamides is 1. The van der Waals surface area contributed by atoms with Gasteiger partial charge >= 0.3 is 6.18 Å². The zero-order valence-corrected chi connectivity index (χ0v) is 15.3. The van der Waals surface area contributed by atoms with Gasteiger partial charge in [-0.15, -0.1) is 0 Å². The van der Waals surface area contributed by atoms with E-state index in [0.29, 0.717) is 32.0 Å². The number of alkyl halides is 3. The number of halogens is 4. The smallest absolute Gasteiger partial charge is 0.342 e. The van der Waals surface area contributed by atoms with Gasteiger partial charge < -0.3 is 4.90 Å². The number of nitrogens with one attached hydrogen (secondary N) is 1. The second-order valence-electron chi connectivity index (χ2n) is 5.92. The number of likely N-dealkylation sites (tertiary alicyclic amines) is 1. The first-order valence-electron chi connectivity index (χ1n) is 7.81. The normalized spacial score (nSPS) is 16.0. The summed E-state index contributed by atoms with van der Waals surface area (Å²) in [5.41, 5.74) is -0.162. The number of amides is 1. The van der Waals surface area contributed by atoms with Crippen LogP contribution in [-0.4, -0.2) is 38.9 Å². The molecule has 2 rings (SSSR count). The van der Waals surface area contributed by atoms with Gasteiger partial charge in [0.25, 0.3) is 0 Å². The van der Waals surface area contributed by atoms with Crippen molar-refractivity contribution >= 4 is 27.5 Å². The minimum Gasteiger partial charge on any atom is -0.342 e.